The molecule has 0 amide bonds. The average Bonchev–Trinajstić information content (AvgIpc) is 2.21. The number of halogens is 2. The second-order valence-corrected chi connectivity index (χ2v) is 4.22. The molecule has 0 saturated carbocycles. The van der Waals surface area contributed by atoms with Crippen molar-refractivity contribution in [2.75, 3.05) is 6.61 Å². The molecule has 90 valence electrons. The molecule has 0 aliphatic carbocycles. The maximum absolute atomic E-state index is 12.9. The van der Waals surface area contributed by atoms with E-state index in [4.69, 9.17) is 4.84 Å². The molecular formula is C12H17F2NO. The van der Waals surface area contributed by atoms with Crippen LogP contribution in [0.1, 0.15) is 32.4 Å². The molecule has 4 heteroatoms. The first kappa shape index (κ1) is 13.1. The maximum Gasteiger partial charge on any atom is 0.159 e. The number of nitrogens with one attached hydrogen (secondary N) is 1. The SMILES string of the molecule is CC(C)CONC(C)c1ccc(F)c(F)c1. The van der Waals surface area contributed by atoms with E-state index in [1.807, 2.05) is 20.8 Å². The fraction of sp³-hybridized carbons (Fsp3) is 0.500. The molecule has 0 bridgehead atoms. The summed E-state index contributed by atoms with van der Waals surface area (Å²) in [5, 5.41) is 0. The number of benzene rings is 1. The smallest absolute Gasteiger partial charge is 0.159 e. The first-order valence-electron chi connectivity index (χ1n) is 5.33. The van der Waals surface area contributed by atoms with Gasteiger partial charge in [0.2, 0.25) is 0 Å². The molecule has 0 aliphatic heterocycles. The average molecular weight is 229 g/mol. The summed E-state index contributed by atoms with van der Waals surface area (Å²) in [6.45, 7) is 6.47. The zero-order valence-electron chi connectivity index (χ0n) is 9.76. The van der Waals surface area contributed by atoms with Crippen LogP contribution in [-0.4, -0.2) is 6.61 Å². The molecule has 0 radical (unpaired) electrons. The van der Waals surface area contributed by atoms with Gasteiger partial charge in [0, 0.05) is 0 Å². The Kier molecular flexibility index (Phi) is 4.83. The molecule has 0 aromatic heterocycles. The highest BCUT2D eigenvalue weighted by molar-refractivity contribution is 5.20. The minimum absolute atomic E-state index is 0.172. The van der Waals surface area contributed by atoms with E-state index in [-0.39, 0.29) is 6.04 Å². The highest BCUT2D eigenvalue weighted by atomic mass is 19.2. The van der Waals surface area contributed by atoms with E-state index in [9.17, 15) is 8.78 Å². The Morgan fingerprint density at radius 1 is 1.19 bits per heavy atom. The summed E-state index contributed by atoms with van der Waals surface area (Å²) in [6.07, 6.45) is 0. The summed E-state index contributed by atoms with van der Waals surface area (Å²) in [6, 6.07) is 3.65. The fourth-order valence-corrected chi connectivity index (χ4v) is 1.19. The van der Waals surface area contributed by atoms with Gasteiger partial charge in [-0.15, -0.1) is 0 Å². The molecule has 0 heterocycles. The van der Waals surface area contributed by atoms with Gasteiger partial charge in [-0.3, -0.25) is 0 Å². The minimum Gasteiger partial charge on any atom is -0.301 e. The summed E-state index contributed by atoms with van der Waals surface area (Å²) in [5.41, 5.74) is 3.44. The molecule has 0 spiro atoms. The lowest BCUT2D eigenvalue weighted by Crippen LogP contribution is -2.21. The maximum atomic E-state index is 12.9. The lowest BCUT2D eigenvalue weighted by Gasteiger charge is -2.15. The highest BCUT2D eigenvalue weighted by Gasteiger charge is 2.09. The Balaban J connectivity index is 2.52. The van der Waals surface area contributed by atoms with E-state index in [1.54, 1.807) is 0 Å². The Bertz CT molecular complexity index is 342. The Labute approximate surface area is 94.6 Å². The van der Waals surface area contributed by atoms with Crippen LogP contribution in [-0.2, 0) is 4.84 Å². The van der Waals surface area contributed by atoms with Crippen LogP contribution in [0.25, 0.3) is 0 Å². The van der Waals surface area contributed by atoms with Crippen molar-refractivity contribution >= 4 is 0 Å². The third kappa shape index (κ3) is 3.87. The molecule has 1 atom stereocenters. The van der Waals surface area contributed by atoms with E-state index in [0.717, 1.165) is 6.07 Å². The van der Waals surface area contributed by atoms with Crippen molar-refractivity contribution in [2.45, 2.75) is 26.8 Å². The second-order valence-electron chi connectivity index (χ2n) is 4.22. The van der Waals surface area contributed by atoms with Crippen LogP contribution >= 0.6 is 0 Å². The van der Waals surface area contributed by atoms with Crippen molar-refractivity contribution < 1.29 is 13.6 Å². The Morgan fingerprint density at radius 2 is 1.88 bits per heavy atom. The van der Waals surface area contributed by atoms with Gasteiger partial charge in [-0.1, -0.05) is 19.9 Å². The number of hydrogen-bond acceptors (Lipinski definition) is 2. The summed E-state index contributed by atoms with van der Waals surface area (Å²) in [4.78, 5) is 5.22. The van der Waals surface area contributed by atoms with Crippen molar-refractivity contribution in [3.8, 4) is 0 Å². The molecule has 1 aromatic rings. The number of hydroxylamine groups is 1. The van der Waals surface area contributed by atoms with Crippen molar-refractivity contribution in [2.24, 2.45) is 5.92 Å². The Hall–Kier alpha value is -1.00. The molecule has 1 aromatic carbocycles. The lowest BCUT2D eigenvalue weighted by atomic mass is 10.1. The van der Waals surface area contributed by atoms with Crippen molar-refractivity contribution in [1.82, 2.24) is 5.48 Å². The van der Waals surface area contributed by atoms with E-state index in [1.165, 1.54) is 12.1 Å². The summed E-state index contributed by atoms with van der Waals surface area (Å²) in [7, 11) is 0. The van der Waals surface area contributed by atoms with Gasteiger partial charge in [-0.2, -0.15) is 5.48 Å². The van der Waals surface area contributed by atoms with Crippen LogP contribution in [0.3, 0.4) is 0 Å². The van der Waals surface area contributed by atoms with Crippen LogP contribution in [0.4, 0.5) is 8.78 Å². The molecule has 0 fully saturated rings. The van der Waals surface area contributed by atoms with Gasteiger partial charge in [0.05, 0.1) is 12.6 Å². The first-order chi connectivity index (χ1) is 7.50. The van der Waals surface area contributed by atoms with Crippen molar-refractivity contribution in [3.63, 3.8) is 0 Å². The molecule has 2 nitrogen and oxygen atoms in total. The van der Waals surface area contributed by atoms with Gasteiger partial charge in [-0.05, 0) is 30.5 Å². The van der Waals surface area contributed by atoms with E-state index >= 15 is 0 Å². The van der Waals surface area contributed by atoms with Crippen LogP contribution in [0, 0.1) is 17.6 Å². The predicted molar refractivity (Wildman–Crippen MR) is 58.7 cm³/mol. The lowest BCUT2D eigenvalue weighted by molar-refractivity contribution is 0.00402. The topological polar surface area (TPSA) is 21.3 Å². The van der Waals surface area contributed by atoms with E-state index < -0.39 is 11.6 Å². The summed E-state index contributed by atoms with van der Waals surface area (Å²) in [5.74, 6) is -1.25. The molecular weight excluding hydrogens is 212 g/mol. The third-order valence-corrected chi connectivity index (χ3v) is 2.12. The molecule has 1 unspecified atom stereocenters. The standard InChI is InChI=1S/C12H17F2NO/c1-8(2)7-16-15-9(3)10-4-5-11(13)12(14)6-10/h4-6,8-9,15H,7H2,1-3H3. The largest absolute Gasteiger partial charge is 0.301 e. The van der Waals surface area contributed by atoms with Gasteiger partial charge in [0.15, 0.2) is 11.6 Å². The second kappa shape index (κ2) is 5.92. The van der Waals surface area contributed by atoms with Gasteiger partial charge >= 0.3 is 0 Å². The highest BCUT2D eigenvalue weighted by Crippen LogP contribution is 2.15. The molecule has 1 N–H and O–H groups in total. The van der Waals surface area contributed by atoms with Crippen LogP contribution in [0.15, 0.2) is 18.2 Å². The van der Waals surface area contributed by atoms with Crippen LogP contribution < -0.4 is 5.48 Å². The monoisotopic (exact) mass is 229 g/mol. The molecule has 0 saturated heterocycles. The van der Waals surface area contributed by atoms with Gasteiger partial charge in [0.1, 0.15) is 0 Å². The van der Waals surface area contributed by atoms with Gasteiger partial charge in [-0.25, -0.2) is 8.78 Å². The molecule has 1 rings (SSSR count). The zero-order valence-corrected chi connectivity index (χ0v) is 9.76. The third-order valence-electron chi connectivity index (χ3n) is 2.12. The van der Waals surface area contributed by atoms with Crippen molar-refractivity contribution in [3.05, 3.63) is 35.4 Å². The first-order valence-corrected chi connectivity index (χ1v) is 5.33. The summed E-state index contributed by atoms with van der Waals surface area (Å²) < 4.78 is 25.6. The predicted octanol–water partition coefficient (Wildman–Crippen LogP) is 3.20. The summed E-state index contributed by atoms with van der Waals surface area (Å²) >= 11 is 0. The quantitative estimate of drug-likeness (QED) is 0.783. The van der Waals surface area contributed by atoms with Crippen LogP contribution in [0.2, 0.25) is 0 Å². The fourth-order valence-electron chi connectivity index (χ4n) is 1.19. The number of rotatable bonds is 5. The molecule has 16 heavy (non-hydrogen) atoms. The number of hydrogen-bond donors (Lipinski definition) is 1. The van der Waals surface area contributed by atoms with Crippen molar-refractivity contribution in [1.29, 1.82) is 0 Å². The zero-order chi connectivity index (χ0) is 12.1. The van der Waals surface area contributed by atoms with Crippen LogP contribution in [0.5, 0.6) is 0 Å². The van der Waals surface area contributed by atoms with E-state index in [2.05, 4.69) is 5.48 Å². The van der Waals surface area contributed by atoms with Gasteiger partial charge in [0.25, 0.3) is 0 Å². The Morgan fingerprint density at radius 3 is 2.44 bits per heavy atom. The van der Waals surface area contributed by atoms with E-state index in [0.29, 0.717) is 18.1 Å². The normalized spacial score (nSPS) is 13.1. The minimum atomic E-state index is -0.838. The van der Waals surface area contributed by atoms with Gasteiger partial charge < -0.3 is 4.84 Å². The molecule has 0 aliphatic rings.